The molecule has 0 unspecified atom stereocenters. The van der Waals surface area contributed by atoms with Gasteiger partial charge < -0.3 is 19.8 Å². The number of nitrogens with one attached hydrogen (secondary N) is 2. The van der Waals surface area contributed by atoms with Gasteiger partial charge in [0.25, 0.3) is 5.91 Å². The highest BCUT2D eigenvalue weighted by atomic mass is 32.2. The van der Waals surface area contributed by atoms with Crippen molar-refractivity contribution in [1.82, 2.24) is 9.29 Å². The molecule has 8 nitrogen and oxygen atoms in total. The molecular weight excluding hydrogens is 358 g/mol. The van der Waals surface area contributed by atoms with E-state index in [-0.39, 0.29) is 10.6 Å². The fraction of sp³-hybridized carbons (Fsp3) is 0.353. The predicted octanol–water partition coefficient (Wildman–Crippen LogP) is 1.69. The minimum Gasteiger partial charge on any atom is -0.494 e. The molecule has 1 aromatic carbocycles. The standard InChI is InChI=1S/C17H21N3O5S/c1-2-25-14-5-3-13(4-6-14)19-17(21)16-11-15(12-18-16)26(22,23)20-7-9-24-10-8-20/h3-6,11-12,18H,2,7-10H2,1H3,(H,19,21). The molecule has 0 spiro atoms. The molecule has 26 heavy (non-hydrogen) atoms. The Morgan fingerprint density at radius 1 is 1.27 bits per heavy atom. The number of sulfonamides is 1. The van der Waals surface area contributed by atoms with Crippen LogP contribution in [-0.2, 0) is 14.8 Å². The number of aromatic nitrogens is 1. The summed E-state index contributed by atoms with van der Waals surface area (Å²) in [6.07, 6.45) is 1.33. The molecule has 1 aromatic heterocycles. The molecule has 1 fully saturated rings. The summed E-state index contributed by atoms with van der Waals surface area (Å²) in [5, 5.41) is 2.72. The second kappa shape index (κ2) is 7.90. The van der Waals surface area contributed by atoms with Crippen LogP contribution in [0.2, 0.25) is 0 Å². The normalized spacial score (nSPS) is 15.6. The molecule has 3 rings (SSSR count). The average molecular weight is 379 g/mol. The van der Waals surface area contributed by atoms with Crippen molar-refractivity contribution in [3.63, 3.8) is 0 Å². The summed E-state index contributed by atoms with van der Waals surface area (Å²) in [7, 11) is -3.63. The van der Waals surface area contributed by atoms with E-state index in [1.54, 1.807) is 24.3 Å². The van der Waals surface area contributed by atoms with E-state index in [0.29, 0.717) is 44.3 Å². The number of hydrogen-bond acceptors (Lipinski definition) is 5. The van der Waals surface area contributed by atoms with Gasteiger partial charge in [-0.2, -0.15) is 4.31 Å². The zero-order valence-corrected chi connectivity index (χ0v) is 15.2. The van der Waals surface area contributed by atoms with Crippen LogP contribution in [0.5, 0.6) is 5.75 Å². The number of anilines is 1. The van der Waals surface area contributed by atoms with Crippen LogP contribution in [0.3, 0.4) is 0 Å². The molecular formula is C17H21N3O5S. The lowest BCUT2D eigenvalue weighted by molar-refractivity contribution is 0.0730. The number of H-pyrrole nitrogens is 1. The van der Waals surface area contributed by atoms with Gasteiger partial charge in [0.1, 0.15) is 16.3 Å². The van der Waals surface area contributed by atoms with Crippen LogP contribution >= 0.6 is 0 Å². The number of hydrogen-bond donors (Lipinski definition) is 2. The van der Waals surface area contributed by atoms with Gasteiger partial charge in [-0.05, 0) is 37.3 Å². The maximum atomic E-state index is 12.6. The lowest BCUT2D eigenvalue weighted by atomic mass is 10.3. The van der Waals surface area contributed by atoms with Gasteiger partial charge in [0.2, 0.25) is 10.0 Å². The Morgan fingerprint density at radius 3 is 2.62 bits per heavy atom. The van der Waals surface area contributed by atoms with Gasteiger partial charge in [-0.1, -0.05) is 0 Å². The van der Waals surface area contributed by atoms with Crippen LogP contribution in [0.25, 0.3) is 0 Å². The van der Waals surface area contributed by atoms with Gasteiger partial charge in [0.15, 0.2) is 0 Å². The molecule has 1 aliphatic rings. The van der Waals surface area contributed by atoms with Crippen molar-refractivity contribution in [3.8, 4) is 5.75 Å². The molecule has 1 amide bonds. The van der Waals surface area contributed by atoms with Crippen LogP contribution in [-0.4, -0.2) is 56.5 Å². The molecule has 9 heteroatoms. The van der Waals surface area contributed by atoms with E-state index in [4.69, 9.17) is 9.47 Å². The molecule has 2 N–H and O–H groups in total. The van der Waals surface area contributed by atoms with Crippen molar-refractivity contribution in [3.05, 3.63) is 42.2 Å². The SMILES string of the molecule is CCOc1ccc(NC(=O)c2cc(S(=O)(=O)N3CCOCC3)c[nH]2)cc1. The zero-order valence-electron chi connectivity index (χ0n) is 14.4. The minimum atomic E-state index is -3.63. The molecule has 0 aliphatic carbocycles. The predicted molar refractivity (Wildman–Crippen MR) is 95.9 cm³/mol. The summed E-state index contributed by atoms with van der Waals surface area (Å²) in [6.45, 7) is 3.81. The monoisotopic (exact) mass is 379 g/mol. The van der Waals surface area contributed by atoms with Crippen molar-refractivity contribution in [2.45, 2.75) is 11.8 Å². The maximum Gasteiger partial charge on any atom is 0.272 e. The van der Waals surface area contributed by atoms with E-state index in [0.717, 1.165) is 0 Å². The maximum absolute atomic E-state index is 12.6. The average Bonchev–Trinajstić information content (AvgIpc) is 3.15. The Labute approximate surface area is 152 Å². The van der Waals surface area contributed by atoms with Gasteiger partial charge in [-0.3, -0.25) is 4.79 Å². The lowest BCUT2D eigenvalue weighted by Crippen LogP contribution is -2.40. The Morgan fingerprint density at radius 2 is 1.96 bits per heavy atom. The first-order valence-corrected chi connectivity index (χ1v) is 9.75. The van der Waals surface area contributed by atoms with E-state index < -0.39 is 15.9 Å². The number of morpholine rings is 1. The third-order valence-electron chi connectivity index (χ3n) is 3.93. The highest BCUT2D eigenvalue weighted by molar-refractivity contribution is 7.89. The second-order valence-corrected chi connectivity index (χ2v) is 7.61. The summed E-state index contributed by atoms with van der Waals surface area (Å²) in [4.78, 5) is 15.1. The molecule has 2 heterocycles. The number of nitrogens with zero attached hydrogens (tertiary/aromatic N) is 1. The molecule has 1 saturated heterocycles. The van der Waals surface area contributed by atoms with Crippen LogP contribution in [0, 0.1) is 0 Å². The van der Waals surface area contributed by atoms with Gasteiger partial charge in [0.05, 0.1) is 19.8 Å². The Kier molecular flexibility index (Phi) is 5.60. The minimum absolute atomic E-state index is 0.0660. The molecule has 140 valence electrons. The topological polar surface area (TPSA) is 101 Å². The number of ether oxygens (including phenoxy) is 2. The van der Waals surface area contributed by atoms with Gasteiger partial charge in [0, 0.05) is 25.0 Å². The molecule has 0 atom stereocenters. The van der Waals surface area contributed by atoms with E-state index in [1.807, 2.05) is 6.92 Å². The first-order chi connectivity index (χ1) is 12.5. The molecule has 1 aliphatic heterocycles. The quantitative estimate of drug-likeness (QED) is 0.795. The fourth-order valence-corrected chi connectivity index (χ4v) is 3.99. The smallest absolute Gasteiger partial charge is 0.272 e. The number of carbonyl (C=O) groups excluding carboxylic acids is 1. The van der Waals surface area contributed by atoms with Gasteiger partial charge in [-0.15, -0.1) is 0 Å². The van der Waals surface area contributed by atoms with Gasteiger partial charge in [-0.25, -0.2) is 8.42 Å². The summed E-state index contributed by atoms with van der Waals surface area (Å²) >= 11 is 0. The molecule has 0 radical (unpaired) electrons. The zero-order chi connectivity index (χ0) is 18.6. The second-order valence-electron chi connectivity index (χ2n) is 5.68. The number of rotatable bonds is 6. The van der Waals surface area contributed by atoms with Crippen molar-refractivity contribution in [2.24, 2.45) is 0 Å². The van der Waals surface area contributed by atoms with E-state index in [2.05, 4.69) is 10.3 Å². The van der Waals surface area contributed by atoms with E-state index in [1.165, 1.54) is 16.6 Å². The third kappa shape index (κ3) is 4.06. The lowest BCUT2D eigenvalue weighted by Gasteiger charge is -2.25. The fourth-order valence-electron chi connectivity index (χ4n) is 2.59. The van der Waals surface area contributed by atoms with E-state index in [9.17, 15) is 13.2 Å². The number of amides is 1. The molecule has 2 aromatic rings. The molecule has 0 bridgehead atoms. The Balaban J connectivity index is 1.69. The van der Waals surface area contributed by atoms with E-state index >= 15 is 0 Å². The first-order valence-electron chi connectivity index (χ1n) is 8.31. The van der Waals surface area contributed by atoms with Crippen molar-refractivity contribution in [1.29, 1.82) is 0 Å². The molecule has 0 saturated carbocycles. The Bertz CT molecular complexity index is 855. The van der Waals surface area contributed by atoms with Crippen molar-refractivity contribution < 1.29 is 22.7 Å². The number of benzene rings is 1. The van der Waals surface area contributed by atoms with Crippen molar-refractivity contribution >= 4 is 21.6 Å². The summed E-state index contributed by atoms with van der Waals surface area (Å²) in [5.41, 5.74) is 0.761. The highest BCUT2D eigenvalue weighted by Crippen LogP contribution is 2.20. The van der Waals surface area contributed by atoms with Crippen LogP contribution in [0.15, 0.2) is 41.4 Å². The third-order valence-corrected chi connectivity index (χ3v) is 5.81. The Hall–Kier alpha value is -2.36. The first kappa shape index (κ1) is 18.4. The number of aromatic amines is 1. The number of carbonyl (C=O) groups is 1. The largest absolute Gasteiger partial charge is 0.494 e. The summed E-state index contributed by atoms with van der Waals surface area (Å²) < 4.78 is 37.1. The van der Waals surface area contributed by atoms with Crippen LogP contribution < -0.4 is 10.1 Å². The van der Waals surface area contributed by atoms with Crippen LogP contribution in [0.4, 0.5) is 5.69 Å². The summed E-state index contributed by atoms with van der Waals surface area (Å²) in [5.74, 6) is 0.293. The van der Waals surface area contributed by atoms with Crippen LogP contribution in [0.1, 0.15) is 17.4 Å². The van der Waals surface area contributed by atoms with Gasteiger partial charge >= 0.3 is 0 Å². The summed E-state index contributed by atoms with van der Waals surface area (Å²) in [6, 6.07) is 8.29. The van der Waals surface area contributed by atoms with Crippen molar-refractivity contribution in [2.75, 3.05) is 38.2 Å². The highest BCUT2D eigenvalue weighted by Gasteiger charge is 2.27.